The lowest BCUT2D eigenvalue weighted by molar-refractivity contribution is 0.0914. The molecule has 1 aromatic heterocycles. The van der Waals surface area contributed by atoms with Gasteiger partial charge in [-0.15, -0.1) is 0 Å². The minimum atomic E-state index is -0.380. The fourth-order valence-electron chi connectivity index (χ4n) is 3.73. The van der Waals surface area contributed by atoms with Gasteiger partial charge in [-0.3, -0.25) is 0 Å². The molecule has 1 saturated carbocycles. The predicted molar refractivity (Wildman–Crippen MR) is 66.5 cm³/mol. The first-order valence-corrected chi connectivity index (χ1v) is 6.39. The maximum absolute atomic E-state index is 10.5. The number of rotatable bonds is 0. The van der Waals surface area contributed by atoms with Crippen molar-refractivity contribution in [1.29, 1.82) is 0 Å². The Morgan fingerprint density at radius 2 is 2.12 bits per heavy atom. The molecule has 0 spiro atoms. The Kier molecular flexibility index (Phi) is 2.27. The third-order valence-electron chi connectivity index (χ3n) is 4.52. The normalized spacial score (nSPS) is 35.2. The highest BCUT2D eigenvalue weighted by Crippen LogP contribution is 2.54. The first-order chi connectivity index (χ1) is 7.98. The molecule has 2 heteroatoms. The van der Waals surface area contributed by atoms with Gasteiger partial charge in [0, 0.05) is 11.1 Å². The Labute approximate surface area is 102 Å². The molecule has 92 valence electrons. The maximum atomic E-state index is 10.5. The van der Waals surface area contributed by atoms with E-state index in [4.69, 9.17) is 4.42 Å². The van der Waals surface area contributed by atoms with Gasteiger partial charge in [0.1, 0.15) is 0 Å². The van der Waals surface area contributed by atoms with Crippen LogP contribution in [-0.4, -0.2) is 5.11 Å². The smallest absolute Gasteiger partial charge is 0.0963 e. The predicted octanol–water partition coefficient (Wildman–Crippen LogP) is 3.48. The van der Waals surface area contributed by atoms with E-state index in [-0.39, 0.29) is 6.10 Å². The van der Waals surface area contributed by atoms with Crippen molar-refractivity contribution in [3.05, 3.63) is 35.8 Å². The molecular formula is C15H20O2. The van der Waals surface area contributed by atoms with Gasteiger partial charge in [0.05, 0.1) is 18.6 Å². The van der Waals surface area contributed by atoms with Crippen molar-refractivity contribution in [2.75, 3.05) is 0 Å². The molecule has 1 aromatic rings. The molecule has 17 heavy (non-hydrogen) atoms. The average molecular weight is 232 g/mol. The summed E-state index contributed by atoms with van der Waals surface area (Å²) >= 11 is 0. The summed E-state index contributed by atoms with van der Waals surface area (Å²) in [5.41, 5.74) is 3.69. The number of furan rings is 1. The zero-order valence-corrected chi connectivity index (χ0v) is 10.6. The summed E-state index contributed by atoms with van der Waals surface area (Å²) in [7, 11) is 0. The fourth-order valence-corrected chi connectivity index (χ4v) is 3.73. The Bertz CT molecular complexity index is 455. The second kappa shape index (κ2) is 3.49. The number of hydrogen-bond donors (Lipinski definition) is 1. The maximum Gasteiger partial charge on any atom is 0.0963 e. The van der Waals surface area contributed by atoms with E-state index in [9.17, 15) is 5.11 Å². The minimum Gasteiger partial charge on any atom is -0.472 e. The van der Waals surface area contributed by atoms with E-state index in [1.807, 2.05) is 0 Å². The molecule has 1 N–H and O–H groups in total. The summed E-state index contributed by atoms with van der Waals surface area (Å²) in [5.74, 6) is 0.781. The van der Waals surface area contributed by atoms with E-state index in [1.54, 1.807) is 12.5 Å². The second-order valence-electron chi connectivity index (χ2n) is 6.48. The summed E-state index contributed by atoms with van der Waals surface area (Å²) in [4.78, 5) is 0. The molecule has 0 bridgehead atoms. The van der Waals surface area contributed by atoms with Crippen molar-refractivity contribution in [1.82, 2.24) is 0 Å². The number of aliphatic hydroxyl groups excluding tert-OH is 1. The van der Waals surface area contributed by atoms with Gasteiger partial charge in [-0.2, -0.15) is 0 Å². The summed E-state index contributed by atoms with van der Waals surface area (Å²) < 4.78 is 5.24. The van der Waals surface area contributed by atoms with Gasteiger partial charge in [0.15, 0.2) is 0 Å². The van der Waals surface area contributed by atoms with Gasteiger partial charge in [-0.25, -0.2) is 0 Å². The fraction of sp³-hybridized carbons (Fsp3) is 0.600. The van der Waals surface area contributed by atoms with Crippen LogP contribution in [-0.2, 0) is 6.42 Å². The summed E-state index contributed by atoms with van der Waals surface area (Å²) in [5, 5.41) is 10.5. The first kappa shape index (κ1) is 11.1. The van der Waals surface area contributed by atoms with Crippen molar-refractivity contribution in [2.45, 2.75) is 39.2 Å². The lowest BCUT2D eigenvalue weighted by Crippen LogP contribution is -2.16. The van der Waals surface area contributed by atoms with Gasteiger partial charge in [-0.05, 0) is 36.5 Å². The van der Waals surface area contributed by atoms with E-state index in [2.05, 4.69) is 20.4 Å². The first-order valence-electron chi connectivity index (χ1n) is 6.39. The van der Waals surface area contributed by atoms with Crippen LogP contribution < -0.4 is 0 Å². The van der Waals surface area contributed by atoms with Gasteiger partial charge < -0.3 is 9.52 Å². The molecule has 3 atom stereocenters. The van der Waals surface area contributed by atoms with E-state index in [0.29, 0.717) is 17.3 Å². The molecule has 0 saturated heterocycles. The van der Waals surface area contributed by atoms with Crippen LogP contribution in [0.25, 0.3) is 0 Å². The summed E-state index contributed by atoms with van der Waals surface area (Å²) in [6.45, 7) is 8.82. The average Bonchev–Trinajstić information content (AvgIpc) is 2.79. The van der Waals surface area contributed by atoms with E-state index in [0.717, 1.165) is 30.4 Å². The molecule has 1 fully saturated rings. The molecule has 0 aliphatic heterocycles. The molecule has 0 aromatic carbocycles. The lowest BCUT2D eigenvalue weighted by Gasteiger charge is -2.22. The molecule has 2 nitrogen and oxygen atoms in total. The van der Waals surface area contributed by atoms with E-state index < -0.39 is 0 Å². The number of fused-ring (bicyclic) bond motifs is 2. The molecule has 0 unspecified atom stereocenters. The van der Waals surface area contributed by atoms with Crippen LogP contribution >= 0.6 is 0 Å². The van der Waals surface area contributed by atoms with Gasteiger partial charge in [0.2, 0.25) is 0 Å². The van der Waals surface area contributed by atoms with E-state index >= 15 is 0 Å². The highest BCUT2D eigenvalue weighted by atomic mass is 16.3. The van der Waals surface area contributed by atoms with Gasteiger partial charge >= 0.3 is 0 Å². The molecular weight excluding hydrogens is 212 g/mol. The molecule has 1 heterocycles. The van der Waals surface area contributed by atoms with Gasteiger partial charge in [-0.1, -0.05) is 26.0 Å². The minimum absolute atomic E-state index is 0.316. The zero-order valence-electron chi connectivity index (χ0n) is 10.6. The third kappa shape index (κ3) is 1.66. The monoisotopic (exact) mass is 232 g/mol. The Morgan fingerprint density at radius 3 is 2.88 bits per heavy atom. The van der Waals surface area contributed by atoms with Crippen molar-refractivity contribution in [3.8, 4) is 0 Å². The van der Waals surface area contributed by atoms with Crippen molar-refractivity contribution < 1.29 is 9.52 Å². The Balaban J connectivity index is 2.02. The van der Waals surface area contributed by atoms with Crippen LogP contribution in [0.3, 0.4) is 0 Å². The van der Waals surface area contributed by atoms with E-state index in [1.165, 1.54) is 5.57 Å². The standard InChI is InChI=1S/C15H20O2/c1-9-4-10-7-17-8-13(10)14(16)12-6-15(2,3)5-11(9)12/h7-8,11-12,14,16H,1,4-6H2,2-3H3/t11-,12-,14+/m1/s1. The molecule has 0 amide bonds. The quantitative estimate of drug-likeness (QED) is 0.695. The molecule has 0 radical (unpaired) electrons. The highest BCUT2D eigenvalue weighted by Gasteiger charge is 2.46. The molecule has 3 rings (SSSR count). The van der Waals surface area contributed by atoms with Crippen LogP contribution in [0.1, 0.15) is 43.9 Å². The SMILES string of the molecule is C=C1Cc2cocc2[C@@H](O)[C@@H]2CC(C)(C)C[C@H]12. The topological polar surface area (TPSA) is 33.4 Å². The number of hydrogen-bond acceptors (Lipinski definition) is 2. The highest BCUT2D eigenvalue weighted by molar-refractivity contribution is 5.33. The zero-order chi connectivity index (χ0) is 12.2. The Hall–Kier alpha value is -1.02. The van der Waals surface area contributed by atoms with Crippen LogP contribution in [0.4, 0.5) is 0 Å². The van der Waals surface area contributed by atoms with Crippen LogP contribution in [0.2, 0.25) is 0 Å². The van der Waals surface area contributed by atoms with Crippen LogP contribution in [0.15, 0.2) is 29.1 Å². The molecule has 2 aliphatic carbocycles. The van der Waals surface area contributed by atoms with Crippen molar-refractivity contribution in [3.63, 3.8) is 0 Å². The summed E-state index contributed by atoms with van der Waals surface area (Å²) in [6, 6.07) is 0. The third-order valence-corrected chi connectivity index (χ3v) is 4.52. The largest absolute Gasteiger partial charge is 0.472 e. The van der Waals surface area contributed by atoms with Crippen LogP contribution in [0.5, 0.6) is 0 Å². The van der Waals surface area contributed by atoms with Gasteiger partial charge in [0.25, 0.3) is 0 Å². The van der Waals surface area contributed by atoms with Crippen molar-refractivity contribution >= 4 is 0 Å². The lowest BCUT2D eigenvalue weighted by atomic mass is 9.86. The number of aliphatic hydroxyl groups is 1. The Morgan fingerprint density at radius 1 is 1.35 bits per heavy atom. The second-order valence-corrected chi connectivity index (χ2v) is 6.48. The number of allylic oxidation sites excluding steroid dienone is 1. The van der Waals surface area contributed by atoms with Crippen molar-refractivity contribution in [2.24, 2.45) is 17.3 Å². The van der Waals surface area contributed by atoms with Crippen LogP contribution in [0, 0.1) is 17.3 Å². The molecule has 2 aliphatic rings. The summed E-state index contributed by atoms with van der Waals surface area (Å²) in [6.07, 6.45) is 6.17.